The van der Waals surface area contributed by atoms with E-state index in [1.54, 1.807) is 55.5 Å². The Morgan fingerprint density at radius 1 is 0.968 bits per heavy atom. The Kier molecular flexibility index (Phi) is 6.25. The van der Waals surface area contributed by atoms with Gasteiger partial charge >= 0.3 is 5.97 Å². The summed E-state index contributed by atoms with van der Waals surface area (Å²) in [5.74, 6) is -0.0979. The molecule has 7 heteroatoms. The summed E-state index contributed by atoms with van der Waals surface area (Å²) in [6.45, 7) is 3.12. The maximum Gasteiger partial charge on any atom is 0.340 e. The molecular formula is C24H23NO6. The number of benzene rings is 2. The number of hydrogen-bond acceptors (Lipinski definition) is 6. The number of carbonyl (C=O) groups is 3. The molecule has 1 amide bonds. The molecule has 1 heterocycles. The van der Waals surface area contributed by atoms with E-state index >= 15 is 0 Å². The molecule has 7 nitrogen and oxygen atoms in total. The van der Waals surface area contributed by atoms with Gasteiger partial charge in [0.25, 0.3) is 5.91 Å². The van der Waals surface area contributed by atoms with E-state index in [4.69, 9.17) is 14.2 Å². The van der Waals surface area contributed by atoms with E-state index in [2.05, 4.69) is 0 Å². The van der Waals surface area contributed by atoms with Crippen molar-refractivity contribution in [1.29, 1.82) is 0 Å². The number of rotatable bonds is 6. The molecule has 0 unspecified atom stereocenters. The van der Waals surface area contributed by atoms with Crippen LogP contribution in [-0.4, -0.2) is 39.0 Å². The van der Waals surface area contributed by atoms with Crippen molar-refractivity contribution < 1.29 is 28.6 Å². The molecular weight excluding hydrogens is 398 g/mol. The van der Waals surface area contributed by atoms with Gasteiger partial charge in [-0.3, -0.25) is 14.5 Å². The van der Waals surface area contributed by atoms with Gasteiger partial charge < -0.3 is 14.2 Å². The quantitative estimate of drug-likeness (QED) is 0.401. The van der Waals surface area contributed by atoms with E-state index in [0.717, 1.165) is 0 Å². The molecule has 1 aliphatic rings. The van der Waals surface area contributed by atoms with Crippen LogP contribution in [-0.2, 0) is 14.3 Å². The van der Waals surface area contributed by atoms with Crippen LogP contribution in [0.4, 0.5) is 5.69 Å². The average Bonchev–Trinajstić information content (AvgIpc) is 3.02. The van der Waals surface area contributed by atoms with Gasteiger partial charge in [-0.1, -0.05) is 18.2 Å². The van der Waals surface area contributed by atoms with Crippen molar-refractivity contribution >= 4 is 29.4 Å². The molecule has 0 saturated heterocycles. The van der Waals surface area contributed by atoms with Crippen LogP contribution in [0.2, 0.25) is 0 Å². The second-order valence-corrected chi connectivity index (χ2v) is 6.87. The van der Waals surface area contributed by atoms with E-state index in [0.29, 0.717) is 34.0 Å². The molecule has 0 saturated carbocycles. The number of methoxy groups -OCH3 is 3. The number of hydrogen-bond donors (Lipinski definition) is 0. The highest BCUT2D eigenvalue weighted by atomic mass is 16.5. The Balaban J connectivity index is 2.14. The van der Waals surface area contributed by atoms with Crippen LogP contribution >= 0.6 is 0 Å². The number of Topliss-reactive ketones (excluding diaryl/α,β-unsaturated/α-hetero) is 1. The first-order valence-corrected chi connectivity index (χ1v) is 9.51. The van der Waals surface area contributed by atoms with E-state index < -0.39 is 11.9 Å². The number of carbonyl (C=O) groups excluding carboxylic acids is 3. The summed E-state index contributed by atoms with van der Waals surface area (Å²) in [6.07, 6.45) is 1.61. The number of esters is 1. The summed E-state index contributed by atoms with van der Waals surface area (Å²) < 4.78 is 15.5. The zero-order valence-electron chi connectivity index (χ0n) is 18.0. The van der Waals surface area contributed by atoms with Crippen LogP contribution in [0.15, 0.2) is 59.3 Å². The zero-order chi connectivity index (χ0) is 22.7. The summed E-state index contributed by atoms with van der Waals surface area (Å²) in [7, 11) is 4.31. The minimum atomic E-state index is -0.622. The number of ketones is 1. The molecule has 3 rings (SSSR count). The number of nitrogens with zero attached hydrogens (tertiary/aromatic N) is 1. The SMILES string of the molecule is COC(=O)C1=C(C)N(c2cccc(C(C)=O)c2)C(=O)/C1=C\c1ccc(OC)c(OC)c1. The summed E-state index contributed by atoms with van der Waals surface area (Å²) in [6, 6.07) is 11.9. The monoisotopic (exact) mass is 421 g/mol. The summed E-state index contributed by atoms with van der Waals surface area (Å²) >= 11 is 0. The van der Waals surface area contributed by atoms with E-state index in [1.807, 2.05) is 0 Å². The van der Waals surface area contributed by atoms with Crippen molar-refractivity contribution in [3.05, 3.63) is 70.4 Å². The molecule has 31 heavy (non-hydrogen) atoms. The minimum Gasteiger partial charge on any atom is -0.493 e. The molecule has 0 spiro atoms. The highest BCUT2D eigenvalue weighted by Gasteiger charge is 2.38. The molecule has 1 aliphatic heterocycles. The van der Waals surface area contributed by atoms with E-state index in [-0.39, 0.29) is 16.9 Å². The highest BCUT2D eigenvalue weighted by Crippen LogP contribution is 2.36. The lowest BCUT2D eigenvalue weighted by Crippen LogP contribution is -2.24. The zero-order valence-corrected chi connectivity index (χ0v) is 18.0. The fourth-order valence-corrected chi connectivity index (χ4v) is 3.46. The lowest BCUT2D eigenvalue weighted by molar-refractivity contribution is -0.136. The molecule has 160 valence electrons. The second-order valence-electron chi connectivity index (χ2n) is 6.87. The number of allylic oxidation sites excluding steroid dienone is 1. The van der Waals surface area contributed by atoms with Crippen LogP contribution in [0.25, 0.3) is 6.08 Å². The van der Waals surface area contributed by atoms with Gasteiger partial charge in [0.1, 0.15) is 0 Å². The summed E-state index contributed by atoms with van der Waals surface area (Å²) in [5.41, 5.74) is 2.38. The third kappa shape index (κ3) is 4.07. The molecule has 0 aliphatic carbocycles. The lowest BCUT2D eigenvalue weighted by atomic mass is 10.0. The number of amides is 1. The molecule has 0 aromatic heterocycles. The number of ether oxygens (including phenoxy) is 3. The maximum absolute atomic E-state index is 13.4. The van der Waals surface area contributed by atoms with Crippen molar-refractivity contribution in [3.63, 3.8) is 0 Å². The van der Waals surface area contributed by atoms with Gasteiger partial charge in [-0.15, -0.1) is 0 Å². The molecule has 0 bridgehead atoms. The van der Waals surface area contributed by atoms with Crippen molar-refractivity contribution in [2.24, 2.45) is 0 Å². The van der Waals surface area contributed by atoms with E-state index in [1.165, 1.54) is 33.2 Å². The minimum absolute atomic E-state index is 0.121. The first-order valence-electron chi connectivity index (χ1n) is 9.51. The predicted octanol–water partition coefficient (Wildman–Crippen LogP) is 3.78. The highest BCUT2D eigenvalue weighted by molar-refractivity contribution is 6.24. The van der Waals surface area contributed by atoms with Gasteiger partial charge in [0, 0.05) is 16.9 Å². The fraction of sp³-hybridized carbons (Fsp3) is 0.208. The topological polar surface area (TPSA) is 82.1 Å². The molecule has 0 atom stereocenters. The van der Waals surface area contributed by atoms with Gasteiger partial charge in [-0.2, -0.15) is 0 Å². The molecule has 0 N–H and O–H groups in total. The molecule has 2 aromatic carbocycles. The van der Waals surface area contributed by atoms with Crippen molar-refractivity contribution in [2.45, 2.75) is 13.8 Å². The normalized spacial score (nSPS) is 14.8. The molecule has 0 fully saturated rings. The number of anilines is 1. The van der Waals surface area contributed by atoms with Gasteiger partial charge in [-0.25, -0.2) is 4.79 Å². The Labute approximate surface area is 180 Å². The smallest absolute Gasteiger partial charge is 0.340 e. The van der Waals surface area contributed by atoms with Crippen LogP contribution in [0.1, 0.15) is 29.8 Å². The van der Waals surface area contributed by atoms with Crippen LogP contribution < -0.4 is 14.4 Å². The van der Waals surface area contributed by atoms with Gasteiger partial charge in [0.15, 0.2) is 17.3 Å². The third-order valence-corrected chi connectivity index (χ3v) is 5.02. The van der Waals surface area contributed by atoms with Crippen molar-refractivity contribution in [3.8, 4) is 11.5 Å². The Bertz CT molecular complexity index is 1130. The molecule has 2 aromatic rings. The third-order valence-electron chi connectivity index (χ3n) is 5.02. The Hall–Kier alpha value is -3.87. The first-order chi connectivity index (χ1) is 14.8. The average molecular weight is 421 g/mol. The largest absolute Gasteiger partial charge is 0.493 e. The summed E-state index contributed by atoms with van der Waals surface area (Å²) in [4.78, 5) is 39.1. The standard InChI is InChI=1S/C24H23NO6/c1-14-22(24(28)31-5)19(11-16-9-10-20(29-3)21(12-16)30-4)23(27)25(14)18-8-6-7-17(13-18)15(2)26/h6-13H,1-5H3/b19-11-. The van der Waals surface area contributed by atoms with Crippen molar-refractivity contribution in [2.75, 3.05) is 26.2 Å². The Morgan fingerprint density at radius 2 is 1.68 bits per heavy atom. The predicted molar refractivity (Wildman–Crippen MR) is 116 cm³/mol. The molecule has 0 radical (unpaired) electrons. The second kappa shape index (κ2) is 8.87. The van der Waals surface area contributed by atoms with E-state index in [9.17, 15) is 14.4 Å². The maximum atomic E-state index is 13.4. The lowest BCUT2D eigenvalue weighted by Gasteiger charge is -2.18. The van der Waals surface area contributed by atoms with Crippen LogP contribution in [0.3, 0.4) is 0 Å². The van der Waals surface area contributed by atoms with Crippen LogP contribution in [0, 0.1) is 0 Å². The van der Waals surface area contributed by atoms with Crippen molar-refractivity contribution in [1.82, 2.24) is 0 Å². The van der Waals surface area contributed by atoms with Gasteiger partial charge in [-0.05, 0) is 49.8 Å². The Morgan fingerprint density at radius 3 is 2.29 bits per heavy atom. The fourth-order valence-electron chi connectivity index (χ4n) is 3.46. The van der Waals surface area contributed by atoms with Gasteiger partial charge in [0.2, 0.25) is 0 Å². The first kappa shape index (κ1) is 21.8. The van der Waals surface area contributed by atoms with Gasteiger partial charge in [0.05, 0.1) is 32.5 Å². The van der Waals surface area contributed by atoms with Crippen LogP contribution in [0.5, 0.6) is 11.5 Å². The summed E-state index contributed by atoms with van der Waals surface area (Å²) in [5, 5.41) is 0.